The number of thiazole rings is 1. The average Bonchev–Trinajstić information content (AvgIpc) is 3.00. The molecule has 0 N–H and O–H groups in total. The highest BCUT2D eigenvalue weighted by Crippen LogP contribution is 2.35. The number of hydrogen-bond donors (Lipinski definition) is 0. The molecule has 1 atom stereocenters. The molecule has 0 saturated heterocycles. The third-order valence-corrected chi connectivity index (χ3v) is 5.29. The number of rotatable bonds is 3. The third kappa shape index (κ3) is 2.79. The number of nitrogens with zero attached hydrogens (tertiary/aromatic N) is 4. The highest BCUT2D eigenvalue weighted by molar-refractivity contribution is 7.11. The maximum atomic E-state index is 12.6. The molecule has 0 spiro atoms. The van der Waals surface area contributed by atoms with Gasteiger partial charge in [-0.3, -0.25) is 9.48 Å². The van der Waals surface area contributed by atoms with Crippen molar-refractivity contribution in [1.82, 2.24) is 19.7 Å². The van der Waals surface area contributed by atoms with Crippen LogP contribution in [0.4, 0.5) is 0 Å². The normalized spacial score (nSPS) is 17.4. The van der Waals surface area contributed by atoms with Gasteiger partial charge in [0.1, 0.15) is 5.69 Å². The number of aryl methyl sites for hydroxylation is 4. The minimum Gasteiger partial charge on any atom is -0.340 e. The molecular formula is C16H22N4OS. The molecule has 2 aromatic heterocycles. The van der Waals surface area contributed by atoms with E-state index in [-0.39, 0.29) is 5.91 Å². The topological polar surface area (TPSA) is 51.0 Å². The Bertz CT molecular complexity index is 703. The van der Waals surface area contributed by atoms with Crippen molar-refractivity contribution >= 4 is 17.2 Å². The molecule has 0 aromatic carbocycles. The zero-order valence-electron chi connectivity index (χ0n) is 13.6. The number of amides is 1. The van der Waals surface area contributed by atoms with Gasteiger partial charge in [-0.1, -0.05) is 0 Å². The number of fused-ring (bicyclic) bond motifs is 1. The monoisotopic (exact) mass is 318 g/mol. The molecule has 6 heteroatoms. The van der Waals surface area contributed by atoms with Crippen LogP contribution in [0.15, 0.2) is 6.07 Å². The molecule has 0 bridgehead atoms. The summed E-state index contributed by atoms with van der Waals surface area (Å²) in [6.45, 7) is 4.69. The molecule has 0 radical (unpaired) electrons. The van der Waals surface area contributed by atoms with Crippen molar-refractivity contribution in [3.8, 4) is 0 Å². The molecule has 2 heterocycles. The third-order valence-electron chi connectivity index (χ3n) is 4.24. The Hall–Kier alpha value is -1.69. The summed E-state index contributed by atoms with van der Waals surface area (Å²) in [4.78, 5) is 20.5. The molecule has 2 aromatic rings. The maximum absolute atomic E-state index is 12.6. The first-order valence-electron chi connectivity index (χ1n) is 7.68. The molecule has 3 rings (SSSR count). The smallest absolute Gasteiger partial charge is 0.271 e. The van der Waals surface area contributed by atoms with Crippen LogP contribution in [0.25, 0.3) is 0 Å². The number of carbonyl (C=O) groups is 1. The van der Waals surface area contributed by atoms with Crippen LogP contribution in [-0.4, -0.2) is 39.2 Å². The lowest BCUT2D eigenvalue weighted by molar-refractivity contribution is 0.0772. The Morgan fingerprint density at radius 1 is 1.50 bits per heavy atom. The van der Waals surface area contributed by atoms with Crippen LogP contribution in [-0.2, 0) is 13.5 Å². The molecule has 1 amide bonds. The second kappa shape index (κ2) is 5.83. The number of likely N-dealkylation sites (N-methyl/N-ethyl adjacent to an activating group) is 1. The zero-order valence-corrected chi connectivity index (χ0v) is 14.4. The van der Waals surface area contributed by atoms with Crippen molar-refractivity contribution in [2.24, 2.45) is 7.05 Å². The molecule has 0 fully saturated rings. The summed E-state index contributed by atoms with van der Waals surface area (Å²) in [7, 11) is 3.69. The van der Waals surface area contributed by atoms with Gasteiger partial charge in [-0.2, -0.15) is 5.10 Å². The highest BCUT2D eigenvalue weighted by atomic mass is 32.1. The lowest BCUT2D eigenvalue weighted by Crippen LogP contribution is -2.33. The van der Waals surface area contributed by atoms with E-state index in [9.17, 15) is 4.79 Å². The number of aromatic nitrogens is 3. The highest BCUT2D eigenvalue weighted by Gasteiger charge is 2.27. The van der Waals surface area contributed by atoms with Gasteiger partial charge in [-0.05, 0) is 39.2 Å². The lowest BCUT2D eigenvalue weighted by atomic mass is 9.90. The van der Waals surface area contributed by atoms with Gasteiger partial charge >= 0.3 is 0 Å². The minimum atomic E-state index is 0.0298. The van der Waals surface area contributed by atoms with Gasteiger partial charge in [-0.15, -0.1) is 11.3 Å². The van der Waals surface area contributed by atoms with Gasteiger partial charge in [0.05, 0.1) is 16.4 Å². The summed E-state index contributed by atoms with van der Waals surface area (Å²) in [5, 5.41) is 5.39. The van der Waals surface area contributed by atoms with Crippen molar-refractivity contribution in [3.05, 3.63) is 33.0 Å². The summed E-state index contributed by atoms with van der Waals surface area (Å²) in [5.74, 6) is 0.388. The van der Waals surface area contributed by atoms with Gasteiger partial charge in [-0.25, -0.2) is 4.98 Å². The maximum Gasteiger partial charge on any atom is 0.271 e. The number of hydrogen-bond acceptors (Lipinski definition) is 4. The molecule has 0 aliphatic heterocycles. The Labute approximate surface area is 135 Å². The van der Waals surface area contributed by atoms with Crippen molar-refractivity contribution in [3.63, 3.8) is 0 Å². The molecule has 0 saturated carbocycles. The molecule has 1 aliphatic rings. The molecule has 5 nitrogen and oxygen atoms in total. The summed E-state index contributed by atoms with van der Waals surface area (Å²) in [6, 6.07) is 1.85. The molecular weight excluding hydrogens is 296 g/mol. The van der Waals surface area contributed by atoms with E-state index in [0.717, 1.165) is 30.1 Å². The lowest BCUT2D eigenvalue weighted by Gasteiger charge is -2.26. The van der Waals surface area contributed by atoms with E-state index in [1.54, 1.807) is 16.0 Å². The summed E-state index contributed by atoms with van der Waals surface area (Å²) >= 11 is 1.80. The van der Waals surface area contributed by atoms with Gasteiger partial charge in [0.15, 0.2) is 0 Å². The fourth-order valence-electron chi connectivity index (χ4n) is 3.23. The van der Waals surface area contributed by atoms with Gasteiger partial charge < -0.3 is 4.90 Å². The zero-order chi connectivity index (χ0) is 15.9. The average molecular weight is 318 g/mol. The second-order valence-electron chi connectivity index (χ2n) is 6.11. The molecule has 22 heavy (non-hydrogen) atoms. The van der Waals surface area contributed by atoms with Crippen molar-refractivity contribution in [2.75, 3.05) is 13.6 Å². The van der Waals surface area contributed by atoms with Crippen molar-refractivity contribution < 1.29 is 4.79 Å². The van der Waals surface area contributed by atoms with Crippen molar-refractivity contribution in [1.29, 1.82) is 0 Å². The second-order valence-corrected chi connectivity index (χ2v) is 7.40. The largest absolute Gasteiger partial charge is 0.340 e. The van der Waals surface area contributed by atoms with Gasteiger partial charge in [0, 0.05) is 31.4 Å². The van der Waals surface area contributed by atoms with E-state index in [4.69, 9.17) is 4.98 Å². The van der Waals surface area contributed by atoms with E-state index >= 15 is 0 Å². The first kappa shape index (κ1) is 15.2. The Kier molecular flexibility index (Phi) is 4.04. The fraction of sp³-hybridized carbons (Fsp3) is 0.562. The van der Waals surface area contributed by atoms with Crippen LogP contribution in [0.1, 0.15) is 50.5 Å². The first-order valence-corrected chi connectivity index (χ1v) is 8.49. The van der Waals surface area contributed by atoms with Crippen LogP contribution in [0, 0.1) is 13.8 Å². The predicted molar refractivity (Wildman–Crippen MR) is 87.4 cm³/mol. The van der Waals surface area contributed by atoms with E-state index in [2.05, 4.69) is 12.0 Å². The summed E-state index contributed by atoms with van der Waals surface area (Å²) in [5.41, 5.74) is 2.73. The Morgan fingerprint density at radius 2 is 2.27 bits per heavy atom. The minimum absolute atomic E-state index is 0.0298. The van der Waals surface area contributed by atoms with E-state index in [1.165, 1.54) is 17.0 Å². The predicted octanol–water partition coefficient (Wildman–Crippen LogP) is 2.69. The Morgan fingerprint density at radius 3 is 2.95 bits per heavy atom. The Balaban J connectivity index is 1.76. The van der Waals surface area contributed by atoms with Crippen LogP contribution < -0.4 is 0 Å². The summed E-state index contributed by atoms with van der Waals surface area (Å²) < 4.78 is 1.66. The quantitative estimate of drug-likeness (QED) is 0.874. The van der Waals surface area contributed by atoms with E-state index < -0.39 is 0 Å². The van der Waals surface area contributed by atoms with E-state index in [0.29, 0.717) is 11.6 Å². The van der Waals surface area contributed by atoms with Gasteiger partial charge in [0.2, 0.25) is 0 Å². The van der Waals surface area contributed by atoms with Crippen LogP contribution in [0.5, 0.6) is 0 Å². The number of carbonyl (C=O) groups excluding carboxylic acids is 1. The SMILES string of the molecule is Cc1cc(C(=O)N(C)C[C@@H]2CCCc3sc(C)nc32)n(C)n1. The molecule has 0 unspecified atom stereocenters. The molecule has 1 aliphatic carbocycles. The summed E-state index contributed by atoms with van der Waals surface area (Å²) in [6.07, 6.45) is 3.43. The first-order chi connectivity index (χ1) is 10.5. The van der Waals surface area contributed by atoms with E-state index in [1.807, 2.05) is 32.0 Å². The van der Waals surface area contributed by atoms with Gasteiger partial charge in [0.25, 0.3) is 5.91 Å². The van der Waals surface area contributed by atoms with Crippen LogP contribution in [0.2, 0.25) is 0 Å². The molecule has 118 valence electrons. The van der Waals surface area contributed by atoms with Crippen LogP contribution in [0.3, 0.4) is 0 Å². The standard InChI is InChI=1S/C16H22N4OS/c1-10-8-13(20(4)18-10)16(21)19(3)9-12-6-5-7-14-15(12)17-11(2)22-14/h8,12H,5-7,9H2,1-4H3/t12-/m0/s1. The van der Waals surface area contributed by atoms with Crippen molar-refractivity contribution in [2.45, 2.75) is 39.0 Å². The van der Waals surface area contributed by atoms with Crippen LogP contribution >= 0.6 is 11.3 Å². The fourth-order valence-corrected chi connectivity index (χ4v) is 4.29.